The van der Waals surface area contributed by atoms with Crippen molar-refractivity contribution >= 4 is 17.3 Å². The van der Waals surface area contributed by atoms with Gasteiger partial charge in [0.05, 0.1) is 11.0 Å². The Morgan fingerprint density at radius 1 is 1.23 bits per heavy atom. The summed E-state index contributed by atoms with van der Waals surface area (Å²) in [6.07, 6.45) is 0. The van der Waals surface area contributed by atoms with E-state index in [0.717, 1.165) is 12.1 Å². The molecule has 8 nitrogen and oxygen atoms in total. The minimum Gasteiger partial charge on any atom is -0.363 e. The van der Waals surface area contributed by atoms with E-state index in [9.17, 15) is 20.2 Å². The molecule has 0 atom stereocenters. The van der Waals surface area contributed by atoms with E-state index in [-0.39, 0.29) is 5.82 Å². The van der Waals surface area contributed by atoms with Gasteiger partial charge in [-0.1, -0.05) is 0 Å². The summed E-state index contributed by atoms with van der Waals surface area (Å²) in [7, 11) is 0. The van der Waals surface area contributed by atoms with Crippen molar-refractivity contribution in [2.45, 2.75) is 0 Å². The number of anilines is 1. The lowest BCUT2D eigenvalue weighted by atomic mass is 10.4. The van der Waals surface area contributed by atoms with E-state index in [1.807, 2.05) is 0 Å². The number of nitrogen functional groups attached to an aromatic ring is 1. The van der Waals surface area contributed by atoms with Crippen LogP contribution < -0.4 is 5.73 Å². The number of hydrogen-bond acceptors (Lipinski definition) is 6. The fraction of sp³-hybridized carbons (Fsp3) is 0. The van der Waals surface area contributed by atoms with Gasteiger partial charge in [-0.2, -0.15) is 0 Å². The monoisotopic (exact) mass is 184 g/mol. The molecule has 0 aliphatic carbocycles. The van der Waals surface area contributed by atoms with Crippen LogP contribution in [0.25, 0.3) is 0 Å². The van der Waals surface area contributed by atoms with Crippen molar-refractivity contribution in [1.82, 2.24) is 4.98 Å². The van der Waals surface area contributed by atoms with Crippen LogP contribution in [0.4, 0.5) is 17.3 Å². The average molecular weight is 184 g/mol. The molecule has 0 fully saturated rings. The maximum atomic E-state index is 10.2. The lowest BCUT2D eigenvalue weighted by Crippen LogP contribution is -1.99. The van der Waals surface area contributed by atoms with Crippen molar-refractivity contribution in [1.29, 1.82) is 0 Å². The Labute approximate surface area is 71.3 Å². The zero-order valence-corrected chi connectivity index (χ0v) is 6.21. The summed E-state index contributed by atoms with van der Waals surface area (Å²) in [5.41, 5.74) is 4.67. The standard InChI is InChI=1S/C5H4N4O4/c6-4-1-3(8(10)11)2-5(7-4)9(12)13/h1-2H,(H2,6,7). The summed E-state index contributed by atoms with van der Waals surface area (Å²) in [6, 6.07) is 1.70. The van der Waals surface area contributed by atoms with Crippen LogP contribution in [0.1, 0.15) is 0 Å². The van der Waals surface area contributed by atoms with Crippen molar-refractivity contribution in [3.05, 3.63) is 32.4 Å². The molecule has 0 saturated heterocycles. The van der Waals surface area contributed by atoms with Gasteiger partial charge in [-0.3, -0.25) is 10.1 Å². The van der Waals surface area contributed by atoms with E-state index < -0.39 is 21.4 Å². The number of pyridine rings is 1. The lowest BCUT2D eigenvalue weighted by Gasteiger charge is -1.93. The number of rotatable bonds is 2. The Morgan fingerprint density at radius 3 is 2.31 bits per heavy atom. The molecule has 1 rings (SSSR count). The third kappa shape index (κ3) is 1.86. The maximum Gasteiger partial charge on any atom is 0.372 e. The minimum atomic E-state index is -0.844. The van der Waals surface area contributed by atoms with Crippen LogP contribution in [0.2, 0.25) is 0 Å². The van der Waals surface area contributed by atoms with Gasteiger partial charge in [-0.05, 0) is 9.91 Å². The average Bonchev–Trinajstić information content (AvgIpc) is 2.03. The van der Waals surface area contributed by atoms with Crippen molar-refractivity contribution in [3.63, 3.8) is 0 Å². The molecular formula is C5H4N4O4. The Hall–Kier alpha value is -2.25. The van der Waals surface area contributed by atoms with E-state index in [1.165, 1.54) is 0 Å². The molecule has 0 amide bonds. The predicted octanol–water partition coefficient (Wildman–Crippen LogP) is 0.480. The minimum absolute atomic E-state index is 0.249. The number of nitrogens with zero attached hydrogens (tertiary/aromatic N) is 3. The third-order valence-corrected chi connectivity index (χ3v) is 1.21. The summed E-state index contributed by atoms with van der Waals surface area (Å²) < 4.78 is 0. The molecule has 0 aromatic carbocycles. The molecule has 2 N–H and O–H groups in total. The SMILES string of the molecule is Nc1cc([N+](=O)[O-])cc([N+](=O)[O-])n1. The first-order valence-corrected chi connectivity index (χ1v) is 3.07. The van der Waals surface area contributed by atoms with E-state index >= 15 is 0 Å². The molecule has 13 heavy (non-hydrogen) atoms. The fourth-order valence-corrected chi connectivity index (χ4v) is 0.721. The van der Waals surface area contributed by atoms with Gasteiger partial charge in [-0.25, -0.2) is 0 Å². The molecule has 0 aliphatic rings. The van der Waals surface area contributed by atoms with Crippen LogP contribution in [0, 0.1) is 20.2 Å². The molecule has 1 aromatic heterocycles. The first-order chi connectivity index (χ1) is 6.00. The van der Waals surface area contributed by atoms with Crippen molar-refractivity contribution < 1.29 is 9.85 Å². The van der Waals surface area contributed by atoms with Gasteiger partial charge >= 0.3 is 5.82 Å². The molecule has 1 heterocycles. The van der Waals surface area contributed by atoms with Crippen LogP contribution in [-0.4, -0.2) is 14.8 Å². The zero-order chi connectivity index (χ0) is 10.0. The summed E-state index contributed by atoms with van der Waals surface area (Å²) in [4.78, 5) is 22.1. The molecule has 0 saturated carbocycles. The fourth-order valence-electron chi connectivity index (χ4n) is 0.721. The molecule has 68 valence electrons. The zero-order valence-electron chi connectivity index (χ0n) is 6.21. The second-order valence-electron chi connectivity index (χ2n) is 2.12. The Bertz CT molecular complexity index is 345. The molecule has 0 bridgehead atoms. The molecule has 0 aliphatic heterocycles. The first-order valence-electron chi connectivity index (χ1n) is 3.07. The quantitative estimate of drug-likeness (QED) is 0.526. The molecular weight excluding hydrogens is 180 g/mol. The summed E-state index contributed by atoms with van der Waals surface area (Å²) in [5, 5.41) is 20.4. The largest absolute Gasteiger partial charge is 0.372 e. The van der Waals surface area contributed by atoms with Gasteiger partial charge in [0, 0.05) is 0 Å². The highest BCUT2D eigenvalue weighted by molar-refractivity contribution is 5.47. The van der Waals surface area contributed by atoms with Crippen molar-refractivity contribution in [2.24, 2.45) is 0 Å². The molecule has 8 heteroatoms. The van der Waals surface area contributed by atoms with Gasteiger partial charge in [0.25, 0.3) is 5.69 Å². The number of hydrogen-bond donors (Lipinski definition) is 1. The van der Waals surface area contributed by atoms with Crippen LogP contribution in [0.15, 0.2) is 12.1 Å². The Kier molecular flexibility index (Phi) is 2.05. The highest BCUT2D eigenvalue weighted by Gasteiger charge is 2.17. The summed E-state index contributed by atoms with van der Waals surface area (Å²) in [6.45, 7) is 0. The third-order valence-electron chi connectivity index (χ3n) is 1.21. The van der Waals surface area contributed by atoms with Crippen molar-refractivity contribution in [3.8, 4) is 0 Å². The summed E-state index contributed by atoms with van der Waals surface area (Å²) in [5.74, 6) is -0.882. The lowest BCUT2D eigenvalue weighted by molar-refractivity contribution is -0.397. The number of aromatic nitrogens is 1. The molecule has 0 radical (unpaired) electrons. The van der Waals surface area contributed by atoms with E-state index in [1.54, 1.807) is 0 Å². The molecule has 0 unspecified atom stereocenters. The van der Waals surface area contributed by atoms with Gasteiger partial charge in [-0.15, -0.1) is 0 Å². The second kappa shape index (κ2) is 3.01. The van der Waals surface area contributed by atoms with Gasteiger partial charge < -0.3 is 15.8 Å². The van der Waals surface area contributed by atoms with E-state index in [0.29, 0.717) is 0 Å². The Morgan fingerprint density at radius 2 is 1.85 bits per heavy atom. The van der Waals surface area contributed by atoms with Crippen molar-refractivity contribution in [2.75, 3.05) is 5.73 Å². The molecule has 0 spiro atoms. The number of nitrogens with two attached hydrogens (primary N) is 1. The van der Waals surface area contributed by atoms with Gasteiger partial charge in [0.15, 0.2) is 0 Å². The highest BCUT2D eigenvalue weighted by Crippen LogP contribution is 2.19. The van der Waals surface area contributed by atoms with Crippen LogP contribution >= 0.6 is 0 Å². The highest BCUT2D eigenvalue weighted by atomic mass is 16.6. The summed E-state index contributed by atoms with van der Waals surface area (Å²) >= 11 is 0. The Balaban J connectivity index is 3.26. The van der Waals surface area contributed by atoms with Gasteiger partial charge in [0.1, 0.15) is 6.07 Å². The topological polar surface area (TPSA) is 125 Å². The normalized spacial score (nSPS) is 9.54. The second-order valence-corrected chi connectivity index (χ2v) is 2.12. The predicted molar refractivity (Wildman–Crippen MR) is 42.0 cm³/mol. The van der Waals surface area contributed by atoms with Crippen LogP contribution in [0.3, 0.4) is 0 Å². The van der Waals surface area contributed by atoms with Crippen LogP contribution in [-0.2, 0) is 0 Å². The molecule has 1 aromatic rings. The smallest absolute Gasteiger partial charge is 0.363 e. The number of nitro groups is 2. The van der Waals surface area contributed by atoms with E-state index in [4.69, 9.17) is 5.73 Å². The van der Waals surface area contributed by atoms with E-state index in [2.05, 4.69) is 4.98 Å². The van der Waals surface area contributed by atoms with Gasteiger partial charge in [0.2, 0.25) is 5.82 Å². The van der Waals surface area contributed by atoms with Crippen LogP contribution in [0.5, 0.6) is 0 Å². The first kappa shape index (κ1) is 8.84. The maximum absolute atomic E-state index is 10.2.